The molecule has 0 spiro atoms. The van der Waals surface area contributed by atoms with Crippen molar-refractivity contribution in [3.05, 3.63) is 44.1 Å². The second-order valence-corrected chi connectivity index (χ2v) is 8.16. The molecule has 1 aromatic heterocycles. The van der Waals surface area contributed by atoms with E-state index in [1.165, 1.54) is 11.3 Å². The fourth-order valence-corrected chi connectivity index (χ4v) is 5.36. The van der Waals surface area contributed by atoms with Gasteiger partial charge in [0.05, 0.1) is 5.69 Å². The van der Waals surface area contributed by atoms with E-state index < -0.39 is 10.0 Å². The van der Waals surface area contributed by atoms with E-state index in [0.717, 1.165) is 20.5 Å². The van der Waals surface area contributed by atoms with Gasteiger partial charge in [0, 0.05) is 15.9 Å². The molecule has 0 saturated carbocycles. The Morgan fingerprint density at radius 1 is 1.29 bits per heavy atom. The molecule has 2 rings (SSSR count). The molecule has 0 aliphatic rings. The normalized spacial score (nSPS) is 11.6. The Balaban J connectivity index is 2.44. The van der Waals surface area contributed by atoms with Gasteiger partial charge in [-0.05, 0) is 49.5 Å². The van der Waals surface area contributed by atoms with Crippen LogP contribution in [0.25, 0.3) is 0 Å². The summed E-state index contributed by atoms with van der Waals surface area (Å²) < 4.78 is 29.0. The first kappa shape index (κ1) is 16.5. The van der Waals surface area contributed by atoms with Gasteiger partial charge < -0.3 is 5.32 Å². The van der Waals surface area contributed by atoms with Crippen LogP contribution >= 0.6 is 27.3 Å². The average molecular weight is 389 g/mol. The van der Waals surface area contributed by atoms with Gasteiger partial charge in [-0.3, -0.25) is 4.72 Å². The first-order valence-electron chi connectivity index (χ1n) is 6.36. The zero-order valence-corrected chi connectivity index (χ0v) is 15.2. The zero-order chi connectivity index (χ0) is 15.6. The molecule has 1 aromatic carbocycles. The Morgan fingerprint density at radius 3 is 2.67 bits per heavy atom. The van der Waals surface area contributed by atoms with Crippen molar-refractivity contribution in [3.63, 3.8) is 0 Å². The minimum Gasteiger partial charge on any atom is -0.315 e. The van der Waals surface area contributed by atoms with Crippen LogP contribution in [0.5, 0.6) is 0 Å². The molecule has 4 nitrogen and oxygen atoms in total. The van der Waals surface area contributed by atoms with Gasteiger partial charge in [-0.1, -0.05) is 22.0 Å². The van der Waals surface area contributed by atoms with Crippen molar-refractivity contribution in [2.75, 3.05) is 11.8 Å². The predicted molar refractivity (Wildman–Crippen MR) is 91.5 cm³/mol. The Kier molecular flexibility index (Phi) is 5.08. The highest BCUT2D eigenvalue weighted by Gasteiger charge is 2.23. The van der Waals surface area contributed by atoms with Crippen molar-refractivity contribution in [2.45, 2.75) is 25.3 Å². The molecule has 0 fully saturated rings. The minimum atomic E-state index is -3.59. The Hall–Kier alpha value is -0.890. The molecule has 0 radical (unpaired) electrons. The van der Waals surface area contributed by atoms with Crippen molar-refractivity contribution in [3.8, 4) is 0 Å². The fraction of sp³-hybridized carbons (Fsp3) is 0.286. The average Bonchev–Trinajstić information content (AvgIpc) is 2.77. The third kappa shape index (κ3) is 3.48. The SMILES string of the molecule is CNCc1scc(C)c1S(=O)(=O)Nc1cccc(Br)c1C. The van der Waals surface area contributed by atoms with Crippen molar-refractivity contribution < 1.29 is 8.42 Å². The Morgan fingerprint density at radius 2 is 2.00 bits per heavy atom. The van der Waals surface area contributed by atoms with Gasteiger partial charge in [-0.15, -0.1) is 11.3 Å². The van der Waals surface area contributed by atoms with Crippen LogP contribution in [0.2, 0.25) is 0 Å². The van der Waals surface area contributed by atoms with Crippen LogP contribution in [0.3, 0.4) is 0 Å². The lowest BCUT2D eigenvalue weighted by molar-refractivity contribution is 0.599. The van der Waals surface area contributed by atoms with E-state index in [2.05, 4.69) is 26.0 Å². The number of benzene rings is 1. The highest BCUT2D eigenvalue weighted by molar-refractivity contribution is 9.10. The molecule has 2 aromatic rings. The number of rotatable bonds is 5. The zero-order valence-electron chi connectivity index (χ0n) is 12.0. The van der Waals surface area contributed by atoms with Gasteiger partial charge in [-0.2, -0.15) is 0 Å². The lowest BCUT2D eigenvalue weighted by Crippen LogP contribution is -2.17. The van der Waals surface area contributed by atoms with E-state index in [-0.39, 0.29) is 0 Å². The molecule has 0 saturated heterocycles. The molecule has 114 valence electrons. The largest absolute Gasteiger partial charge is 0.315 e. The maximum Gasteiger partial charge on any atom is 0.263 e. The molecule has 0 atom stereocenters. The van der Waals surface area contributed by atoms with E-state index in [1.54, 1.807) is 13.1 Å². The highest BCUT2D eigenvalue weighted by atomic mass is 79.9. The van der Waals surface area contributed by atoms with Crippen molar-refractivity contribution >= 4 is 43.0 Å². The lowest BCUT2D eigenvalue weighted by Gasteiger charge is -2.13. The van der Waals surface area contributed by atoms with Crippen LogP contribution in [0.15, 0.2) is 32.9 Å². The summed E-state index contributed by atoms with van der Waals surface area (Å²) >= 11 is 4.87. The summed E-state index contributed by atoms with van der Waals surface area (Å²) in [6, 6.07) is 5.45. The maximum atomic E-state index is 12.7. The van der Waals surface area contributed by atoms with E-state index in [1.807, 2.05) is 31.4 Å². The predicted octanol–water partition coefficient (Wildman–Crippen LogP) is 3.65. The number of hydrogen-bond acceptors (Lipinski definition) is 4. The molecule has 0 amide bonds. The number of thiophene rings is 1. The molecule has 0 bridgehead atoms. The van der Waals surface area contributed by atoms with Gasteiger partial charge in [0.15, 0.2) is 0 Å². The summed E-state index contributed by atoms with van der Waals surface area (Å²) in [6.45, 7) is 4.22. The summed E-state index contributed by atoms with van der Waals surface area (Å²) in [4.78, 5) is 1.19. The molecule has 2 N–H and O–H groups in total. The molecular weight excluding hydrogens is 372 g/mol. The second kappa shape index (κ2) is 6.48. The third-order valence-corrected chi connectivity index (χ3v) is 6.79. The van der Waals surface area contributed by atoms with Crippen molar-refractivity contribution in [1.29, 1.82) is 0 Å². The van der Waals surface area contributed by atoms with Gasteiger partial charge in [-0.25, -0.2) is 8.42 Å². The summed E-state index contributed by atoms with van der Waals surface area (Å²) in [7, 11) is -1.79. The molecule has 1 heterocycles. The monoisotopic (exact) mass is 388 g/mol. The minimum absolute atomic E-state index is 0.376. The van der Waals surface area contributed by atoms with Gasteiger partial charge in [0.2, 0.25) is 0 Å². The number of hydrogen-bond donors (Lipinski definition) is 2. The van der Waals surface area contributed by atoms with Crippen LogP contribution in [-0.4, -0.2) is 15.5 Å². The third-order valence-electron chi connectivity index (χ3n) is 3.11. The van der Waals surface area contributed by atoms with E-state index in [9.17, 15) is 8.42 Å². The summed E-state index contributed by atoms with van der Waals surface area (Å²) in [5, 5.41) is 4.87. The standard InChI is InChI=1S/C14H17BrN2O2S2/c1-9-8-20-13(7-16-3)14(9)21(18,19)17-12-6-4-5-11(15)10(12)2/h4-6,8,16-17H,7H2,1-3H3. The first-order valence-corrected chi connectivity index (χ1v) is 9.52. The van der Waals surface area contributed by atoms with Crippen molar-refractivity contribution in [1.82, 2.24) is 5.32 Å². The summed E-state index contributed by atoms with van der Waals surface area (Å²) in [5.41, 5.74) is 2.22. The number of nitrogens with one attached hydrogen (secondary N) is 2. The lowest BCUT2D eigenvalue weighted by atomic mass is 10.2. The van der Waals surface area contributed by atoms with Crippen LogP contribution in [-0.2, 0) is 16.6 Å². The fourth-order valence-electron chi connectivity index (χ4n) is 2.04. The van der Waals surface area contributed by atoms with Gasteiger partial charge in [0.25, 0.3) is 10.0 Å². The Bertz CT molecular complexity index is 754. The second-order valence-electron chi connectivity index (χ2n) is 4.72. The summed E-state index contributed by atoms with van der Waals surface area (Å²) in [6.07, 6.45) is 0. The quantitative estimate of drug-likeness (QED) is 0.821. The van der Waals surface area contributed by atoms with Crippen molar-refractivity contribution in [2.24, 2.45) is 0 Å². The molecule has 0 unspecified atom stereocenters. The van der Waals surface area contributed by atoms with Crippen LogP contribution < -0.4 is 10.0 Å². The molecule has 0 aliphatic heterocycles. The molecule has 21 heavy (non-hydrogen) atoms. The molecular formula is C14H17BrN2O2S2. The van der Waals surface area contributed by atoms with E-state index in [0.29, 0.717) is 17.1 Å². The first-order chi connectivity index (χ1) is 9.86. The van der Waals surface area contributed by atoms with Crippen LogP contribution in [0.1, 0.15) is 16.0 Å². The number of aryl methyl sites for hydroxylation is 1. The number of halogens is 1. The Labute approximate surface area is 137 Å². The van der Waals surface area contributed by atoms with E-state index >= 15 is 0 Å². The highest BCUT2D eigenvalue weighted by Crippen LogP contribution is 2.30. The van der Waals surface area contributed by atoms with Gasteiger partial charge in [0.1, 0.15) is 4.90 Å². The van der Waals surface area contributed by atoms with Crippen LogP contribution in [0, 0.1) is 13.8 Å². The maximum absolute atomic E-state index is 12.7. The number of anilines is 1. The molecule has 0 aliphatic carbocycles. The summed E-state index contributed by atoms with van der Waals surface area (Å²) in [5.74, 6) is 0. The number of sulfonamides is 1. The van der Waals surface area contributed by atoms with E-state index in [4.69, 9.17) is 0 Å². The smallest absolute Gasteiger partial charge is 0.263 e. The molecule has 7 heteroatoms. The van der Waals surface area contributed by atoms with Crippen LogP contribution in [0.4, 0.5) is 5.69 Å². The topological polar surface area (TPSA) is 58.2 Å². The van der Waals surface area contributed by atoms with Gasteiger partial charge >= 0.3 is 0 Å².